The number of hydrogen-bond donors (Lipinski definition) is 1. The highest BCUT2D eigenvalue weighted by Crippen LogP contribution is 2.37. The van der Waals surface area contributed by atoms with Gasteiger partial charge in [0, 0.05) is 23.6 Å². The Hall–Kier alpha value is -1.02. The average Bonchev–Trinajstić information content (AvgIpc) is 3.06. The van der Waals surface area contributed by atoms with Crippen LogP contribution in [0.3, 0.4) is 0 Å². The molecule has 3 rings (SSSR count). The van der Waals surface area contributed by atoms with Gasteiger partial charge in [0.1, 0.15) is 5.75 Å². The summed E-state index contributed by atoms with van der Waals surface area (Å²) < 4.78 is 5.73. The second-order valence-electron chi connectivity index (χ2n) is 4.74. The molecule has 0 spiro atoms. The predicted molar refractivity (Wildman–Crippen MR) is 60.0 cm³/mol. The van der Waals surface area contributed by atoms with Gasteiger partial charge in [0.15, 0.2) is 0 Å². The van der Waals surface area contributed by atoms with Crippen LogP contribution in [-0.4, -0.2) is 12.6 Å². The second kappa shape index (κ2) is 3.53. The standard InChI is InChI=1S/C13H17NO/c1-9-8-15-12-5-3-2-4-11(12)13(9)14-10-6-7-10/h2-5,9-10,13-14H,6-8H2,1H3. The van der Waals surface area contributed by atoms with E-state index in [1.807, 2.05) is 6.07 Å². The zero-order chi connectivity index (χ0) is 10.3. The maximum Gasteiger partial charge on any atom is 0.124 e. The summed E-state index contributed by atoms with van der Waals surface area (Å²) in [6, 6.07) is 9.64. The fourth-order valence-electron chi connectivity index (χ4n) is 2.25. The zero-order valence-corrected chi connectivity index (χ0v) is 9.07. The Morgan fingerprint density at radius 1 is 1.27 bits per heavy atom. The molecule has 0 aromatic heterocycles. The van der Waals surface area contributed by atoms with Crippen LogP contribution in [0.2, 0.25) is 0 Å². The average molecular weight is 203 g/mol. The maximum atomic E-state index is 5.73. The van der Waals surface area contributed by atoms with Crippen LogP contribution in [0.25, 0.3) is 0 Å². The van der Waals surface area contributed by atoms with Crippen molar-refractivity contribution in [3.8, 4) is 5.75 Å². The first-order valence-corrected chi connectivity index (χ1v) is 5.82. The van der Waals surface area contributed by atoms with Crippen LogP contribution >= 0.6 is 0 Å². The van der Waals surface area contributed by atoms with E-state index in [1.165, 1.54) is 18.4 Å². The van der Waals surface area contributed by atoms with E-state index in [0.717, 1.165) is 18.4 Å². The predicted octanol–water partition coefficient (Wildman–Crippen LogP) is 2.51. The van der Waals surface area contributed by atoms with E-state index in [2.05, 4.69) is 30.4 Å². The molecule has 1 saturated carbocycles. The van der Waals surface area contributed by atoms with Crippen molar-refractivity contribution in [1.29, 1.82) is 0 Å². The van der Waals surface area contributed by atoms with Crippen molar-refractivity contribution in [2.45, 2.75) is 31.8 Å². The molecule has 15 heavy (non-hydrogen) atoms. The Labute approximate surface area is 90.6 Å². The number of para-hydroxylation sites is 1. The van der Waals surface area contributed by atoms with Gasteiger partial charge in [-0.05, 0) is 18.9 Å². The molecule has 1 aromatic rings. The van der Waals surface area contributed by atoms with Crippen molar-refractivity contribution in [2.75, 3.05) is 6.61 Å². The van der Waals surface area contributed by atoms with E-state index in [-0.39, 0.29) is 0 Å². The summed E-state index contributed by atoms with van der Waals surface area (Å²) in [4.78, 5) is 0. The lowest BCUT2D eigenvalue weighted by molar-refractivity contribution is 0.187. The topological polar surface area (TPSA) is 21.3 Å². The van der Waals surface area contributed by atoms with E-state index in [0.29, 0.717) is 12.0 Å². The van der Waals surface area contributed by atoms with Crippen molar-refractivity contribution < 1.29 is 4.74 Å². The van der Waals surface area contributed by atoms with Crippen LogP contribution in [0.1, 0.15) is 31.4 Å². The summed E-state index contributed by atoms with van der Waals surface area (Å²) in [6.45, 7) is 3.09. The number of rotatable bonds is 2. The van der Waals surface area contributed by atoms with Gasteiger partial charge in [0.05, 0.1) is 6.61 Å². The molecule has 2 aliphatic rings. The molecule has 0 saturated heterocycles. The van der Waals surface area contributed by atoms with Crippen LogP contribution in [0, 0.1) is 5.92 Å². The molecule has 0 bridgehead atoms. The Bertz CT molecular complexity index is 359. The van der Waals surface area contributed by atoms with Gasteiger partial charge in [-0.2, -0.15) is 0 Å². The van der Waals surface area contributed by atoms with Crippen LogP contribution in [0.4, 0.5) is 0 Å². The molecular weight excluding hydrogens is 186 g/mol. The zero-order valence-electron chi connectivity index (χ0n) is 9.07. The second-order valence-corrected chi connectivity index (χ2v) is 4.74. The maximum absolute atomic E-state index is 5.73. The third-order valence-corrected chi connectivity index (χ3v) is 3.32. The van der Waals surface area contributed by atoms with Gasteiger partial charge in [-0.3, -0.25) is 0 Å². The van der Waals surface area contributed by atoms with E-state index >= 15 is 0 Å². The SMILES string of the molecule is CC1COc2ccccc2C1NC1CC1. The summed E-state index contributed by atoms with van der Waals surface area (Å²) in [5.74, 6) is 1.63. The summed E-state index contributed by atoms with van der Waals surface area (Å²) in [5, 5.41) is 3.72. The molecule has 1 aliphatic heterocycles. The number of ether oxygens (including phenoxy) is 1. The molecule has 1 heterocycles. The Balaban J connectivity index is 1.90. The van der Waals surface area contributed by atoms with E-state index in [4.69, 9.17) is 4.74 Å². The molecule has 80 valence electrons. The number of hydrogen-bond acceptors (Lipinski definition) is 2. The first-order chi connectivity index (χ1) is 7.34. The Morgan fingerprint density at radius 2 is 2.07 bits per heavy atom. The minimum absolute atomic E-state index is 0.488. The van der Waals surface area contributed by atoms with Gasteiger partial charge < -0.3 is 10.1 Å². The fraction of sp³-hybridized carbons (Fsp3) is 0.538. The van der Waals surface area contributed by atoms with Crippen molar-refractivity contribution >= 4 is 0 Å². The Morgan fingerprint density at radius 3 is 2.87 bits per heavy atom. The molecule has 2 nitrogen and oxygen atoms in total. The van der Waals surface area contributed by atoms with E-state index in [9.17, 15) is 0 Å². The van der Waals surface area contributed by atoms with Crippen LogP contribution in [0.15, 0.2) is 24.3 Å². The number of nitrogens with one attached hydrogen (secondary N) is 1. The Kier molecular flexibility index (Phi) is 2.17. The van der Waals surface area contributed by atoms with Crippen LogP contribution < -0.4 is 10.1 Å². The van der Waals surface area contributed by atoms with E-state index < -0.39 is 0 Å². The molecule has 2 unspecified atom stereocenters. The highest BCUT2D eigenvalue weighted by atomic mass is 16.5. The van der Waals surface area contributed by atoms with Crippen LogP contribution in [-0.2, 0) is 0 Å². The summed E-state index contributed by atoms with van der Waals surface area (Å²) >= 11 is 0. The van der Waals surface area contributed by atoms with Gasteiger partial charge in [-0.15, -0.1) is 0 Å². The third kappa shape index (κ3) is 1.74. The first kappa shape index (κ1) is 9.22. The van der Waals surface area contributed by atoms with E-state index in [1.54, 1.807) is 0 Å². The molecule has 1 fully saturated rings. The lowest BCUT2D eigenvalue weighted by atomic mass is 9.92. The van der Waals surface area contributed by atoms with Gasteiger partial charge in [-0.25, -0.2) is 0 Å². The lowest BCUT2D eigenvalue weighted by Gasteiger charge is -2.32. The normalized spacial score (nSPS) is 29.4. The van der Waals surface area contributed by atoms with Crippen molar-refractivity contribution in [2.24, 2.45) is 5.92 Å². The first-order valence-electron chi connectivity index (χ1n) is 5.82. The van der Waals surface area contributed by atoms with Gasteiger partial charge in [0.25, 0.3) is 0 Å². The minimum Gasteiger partial charge on any atom is -0.493 e. The summed E-state index contributed by atoms with van der Waals surface area (Å²) in [7, 11) is 0. The third-order valence-electron chi connectivity index (χ3n) is 3.32. The highest BCUT2D eigenvalue weighted by Gasteiger charge is 2.32. The fourth-order valence-corrected chi connectivity index (χ4v) is 2.25. The molecule has 1 aromatic carbocycles. The number of fused-ring (bicyclic) bond motifs is 1. The molecule has 0 radical (unpaired) electrons. The van der Waals surface area contributed by atoms with Gasteiger partial charge in [-0.1, -0.05) is 25.1 Å². The lowest BCUT2D eigenvalue weighted by Crippen LogP contribution is -2.35. The molecular formula is C13H17NO. The van der Waals surface area contributed by atoms with Crippen molar-refractivity contribution in [1.82, 2.24) is 5.32 Å². The largest absolute Gasteiger partial charge is 0.493 e. The van der Waals surface area contributed by atoms with Gasteiger partial charge >= 0.3 is 0 Å². The molecule has 0 amide bonds. The van der Waals surface area contributed by atoms with Gasteiger partial charge in [0.2, 0.25) is 0 Å². The monoisotopic (exact) mass is 203 g/mol. The molecule has 1 N–H and O–H groups in total. The van der Waals surface area contributed by atoms with Crippen molar-refractivity contribution in [3.05, 3.63) is 29.8 Å². The quantitative estimate of drug-likeness (QED) is 0.797. The smallest absolute Gasteiger partial charge is 0.124 e. The van der Waals surface area contributed by atoms with Crippen LogP contribution in [0.5, 0.6) is 5.75 Å². The minimum atomic E-state index is 0.488. The molecule has 2 heteroatoms. The highest BCUT2D eigenvalue weighted by molar-refractivity contribution is 5.38. The summed E-state index contributed by atoms with van der Waals surface area (Å²) in [6.07, 6.45) is 2.68. The number of benzene rings is 1. The van der Waals surface area contributed by atoms with Crippen molar-refractivity contribution in [3.63, 3.8) is 0 Å². The molecule has 1 aliphatic carbocycles. The molecule has 2 atom stereocenters. The summed E-state index contributed by atoms with van der Waals surface area (Å²) in [5.41, 5.74) is 1.34.